The first-order valence-corrected chi connectivity index (χ1v) is 5.23. The quantitative estimate of drug-likeness (QED) is 0.870. The average molecular weight is 233 g/mol. The summed E-state index contributed by atoms with van der Waals surface area (Å²) in [7, 11) is 3.23. The van der Waals surface area contributed by atoms with E-state index < -0.39 is 0 Å². The third-order valence-electron chi connectivity index (χ3n) is 2.53. The molecule has 90 valence electrons. The lowest BCUT2D eigenvalue weighted by molar-refractivity contribution is 0.354. The Morgan fingerprint density at radius 3 is 2.53 bits per heavy atom. The maximum Gasteiger partial charge on any atom is 0.161 e. The van der Waals surface area contributed by atoms with Gasteiger partial charge in [0, 0.05) is 0 Å². The molecule has 17 heavy (non-hydrogen) atoms. The number of aromatic nitrogens is 2. The predicted molar refractivity (Wildman–Crippen MR) is 65.3 cm³/mol. The van der Waals surface area contributed by atoms with Gasteiger partial charge < -0.3 is 15.2 Å². The van der Waals surface area contributed by atoms with Crippen LogP contribution in [0, 0.1) is 0 Å². The van der Waals surface area contributed by atoms with E-state index in [4.69, 9.17) is 15.2 Å². The molecule has 0 saturated carbocycles. The number of hydrogen-bond donors (Lipinski definition) is 1. The number of methoxy groups -OCH3 is 2. The number of hydrogen-bond acceptors (Lipinski definition) is 4. The summed E-state index contributed by atoms with van der Waals surface area (Å²) in [4.78, 5) is 0. The van der Waals surface area contributed by atoms with Crippen molar-refractivity contribution < 1.29 is 9.47 Å². The molecule has 1 heterocycles. The molecule has 5 nitrogen and oxygen atoms in total. The van der Waals surface area contributed by atoms with Gasteiger partial charge in [0.05, 0.1) is 27.0 Å². The van der Waals surface area contributed by atoms with E-state index in [1.165, 1.54) is 0 Å². The van der Waals surface area contributed by atoms with Crippen molar-refractivity contribution in [2.75, 3.05) is 20.0 Å². The van der Waals surface area contributed by atoms with Crippen molar-refractivity contribution in [1.82, 2.24) is 9.78 Å². The molecule has 0 fully saturated rings. The van der Waals surface area contributed by atoms with E-state index >= 15 is 0 Å². The molecule has 0 spiro atoms. The Bertz CT molecular complexity index is 508. The molecular formula is C12H15N3O2. The topological polar surface area (TPSA) is 62.3 Å². The minimum atomic E-state index is 0.610. The Labute approximate surface area is 99.8 Å². The molecule has 2 aromatic rings. The van der Waals surface area contributed by atoms with Crippen LogP contribution in [-0.4, -0.2) is 24.0 Å². The zero-order valence-electron chi connectivity index (χ0n) is 9.88. The van der Waals surface area contributed by atoms with Crippen LogP contribution >= 0.6 is 0 Å². The fourth-order valence-corrected chi connectivity index (χ4v) is 1.63. The first-order valence-electron chi connectivity index (χ1n) is 5.23. The molecule has 0 aliphatic carbocycles. The van der Waals surface area contributed by atoms with Crippen molar-refractivity contribution in [3.8, 4) is 11.5 Å². The fourth-order valence-electron chi connectivity index (χ4n) is 1.63. The molecule has 1 aromatic carbocycles. The molecule has 1 aromatic heterocycles. The second-order valence-electron chi connectivity index (χ2n) is 3.60. The van der Waals surface area contributed by atoms with Gasteiger partial charge in [0.15, 0.2) is 11.5 Å². The monoisotopic (exact) mass is 233 g/mol. The van der Waals surface area contributed by atoms with E-state index in [9.17, 15) is 0 Å². The molecule has 0 aliphatic rings. The largest absolute Gasteiger partial charge is 0.493 e. The van der Waals surface area contributed by atoms with Crippen molar-refractivity contribution in [2.45, 2.75) is 6.54 Å². The van der Waals surface area contributed by atoms with Gasteiger partial charge in [0.25, 0.3) is 0 Å². The molecule has 2 rings (SSSR count). The van der Waals surface area contributed by atoms with Crippen molar-refractivity contribution in [3.63, 3.8) is 0 Å². The van der Waals surface area contributed by atoms with Crippen LogP contribution in [0.25, 0.3) is 0 Å². The fraction of sp³-hybridized carbons (Fsp3) is 0.250. The van der Waals surface area contributed by atoms with Gasteiger partial charge >= 0.3 is 0 Å². The molecule has 5 heteroatoms. The summed E-state index contributed by atoms with van der Waals surface area (Å²) < 4.78 is 12.1. The molecule has 0 saturated heterocycles. The first kappa shape index (κ1) is 11.3. The van der Waals surface area contributed by atoms with Crippen molar-refractivity contribution >= 4 is 5.82 Å². The van der Waals surface area contributed by atoms with Crippen LogP contribution in [0.5, 0.6) is 11.5 Å². The van der Waals surface area contributed by atoms with Gasteiger partial charge in [0.1, 0.15) is 5.82 Å². The highest BCUT2D eigenvalue weighted by Crippen LogP contribution is 2.27. The Balaban J connectivity index is 2.25. The first-order chi connectivity index (χ1) is 8.24. The van der Waals surface area contributed by atoms with E-state index in [0.29, 0.717) is 23.9 Å². The highest BCUT2D eigenvalue weighted by molar-refractivity contribution is 5.43. The SMILES string of the molecule is COc1ccc(Cn2nccc2N)cc1OC. The number of anilines is 1. The zero-order chi connectivity index (χ0) is 12.3. The summed E-state index contributed by atoms with van der Waals surface area (Å²) in [5, 5.41) is 4.13. The molecule has 0 radical (unpaired) electrons. The number of nitrogen functional groups attached to an aromatic ring is 1. The van der Waals surface area contributed by atoms with Crippen molar-refractivity contribution in [3.05, 3.63) is 36.0 Å². The summed E-state index contributed by atoms with van der Waals surface area (Å²) in [6.07, 6.45) is 1.68. The lowest BCUT2D eigenvalue weighted by Gasteiger charge is -2.10. The third kappa shape index (κ3) is 2.33. The van der Waals surface area contributed by atoms with Crippen LogP contribution < -0.4 is 15.2 Å². The highest BCUT2D eigenvalue weighted by Gasteiger charge is 2.06. The minimum absolute atomic E-state index is 0.610. The summed E-state index contributed by atoms with van der Waals surface area (Å²) >= 11 is 0. The van der Waals surface area contributed by atoms with Crippen LogP contribution in [0.15, 0.2) is 30.5 Å². The van der Waals surface area contributed by atoms with Crippen LogP contribution in [0.2, 0.25) is 0 Å². The van der Waals surface area contributed by atoms with Gasteiger partial charge in [-0.25, -0.2) is 4.68 Å². The van der Waals surface area contributed by atoms with Crippen molar-refractivity contribution in [1.29, 1.82) is 0 Å². The summed E-state index contributed by atoms with van der Waals surface area (Å²) in [5.41, 5.74) is 6.81. The molecule has 0 bridgehead atoms. The lowest BCUT2D eigenvalue weighted by Crippen LogP contribution is -2.05. The number of benzene rings is 1. The zero-order valence-corrected chi connectivity index (χ0v) is 9.88. The van der Waals surface area contributed by atoms with Gasteiger partial charge in [0.2, 0.25) is 0 Å². The number of rotatable bonds is 4. The van der Waals surface area contributed by atoms with Crippen LogP contribution in [-0.2, 0) is 6.54 Å². The van der Waals surface area contributed by atoms with Gasteiger partial charge in [-0.3, -0.25) is 0 Å². The Morgan fingerprint density at radius 1 is 1.18 bits per heavy atom. The average Bonchev–Trinajstić information content (AvgIpc) is 2.75. The summed E-state index contributed by atoms with van der Waals surface area (Å²) in [5.74, 6) is 2.06. The third-order valence-corrected chi connectivity index (χ3v) is 2.53. The smallest absolute Gasteiger partial charge is 0.161 e. The minimum Gasteiger partial charge on any atom is -0.493 e. The highest BCUT2D eigenvalue weighted by atomic mass is 16.5. The van der Waals surface area contributed by atoms with E-state index in [2.05, 4.69) is 5.10 Å². The normalized spacial score (nSPS) is 10.2. The summed E-state index contributed by atoms with van der Waals surface area (Å²) in [6.45, 7) is 0.610. The van der Waals surface area contributed by atoms with Crippen LogP contribution in [0.4, 0.5) is 5.82 Å². The predicted octanol–water partition coefficient (Wildman–Crippen LogP) is 1.53. The van der Waals surface area contributed by atoms with Crippen molar-refractivity contribution in [2.24, 2.45) is 0 Å². The second-order valence-corrected chi connectivity index (χ2v) is 3.60. The Hall–Kier alpha value is -2.17. The van der Waals surface area contributed by atoms with E-state index in [0.717, 1.165) is 5.56 Å². The molecule has 0 atom stereocenters. The molecular weight excluding hydrogens is 218 g/mol. The maximum absolute atomic E-state index is 5.76. The number of nitrogens with zero attached hydrogens (tertiary/aromatic N) is 2. The second kappa shape index (κ2) is 4.78. The molecule has 0 unspecified atom stereocenters. The van der Waals surface area contributed by atoms with Crippen LogP contribution in [0.3, 0.4) is 0 Å². The Morgan fingerprint density at radius 2 is 1.94 bits per heavy atom. The van der Waals surface area contributed by atoms with Gasteiger partial charge in [-0.2, -0.15) is 5.10 Å². The summed E-state index contributed by atoms with van der Waals surface area (Å²) in [6, 6.07) is 7.51. The number of nitrogens with two attached hydrogens (primary N) is 1. The van der Waals surface area contributed by atoms with E-state index in [1.807, 2.05) is 18.2 Å². The molecule has 2 N–H and O–H groups in total. The Kier molecular flexibility index (Phi) is 3.18. The molecule has 0 aliphatic heterocycles. The maximum atomic E-state index is 5.76. The standard InChI is InChI=1S/C12H15N3O2/c1-16-10-4-3-9(7-11(10)17-2)8-15-12(13)5-6-14-15/h3-7H,8,13H2,1-2H3. The van der Waals surface area contributed by atoms with Gasteiger partial charge in [-0.1, -0.05) is 6.07 Å². The van der Waals surface area contributed by atoms with E-state index in [-0.39, 0.29) is 0 Å². The van der Waals surface area contributed by atoms with Gasteiger partial charge in [-0.05, 0) is 23.8 Å². The number of ether oxygens (including phenoxy) is 2. The van der Waals surface area contributed by atoms with Crippen LogP contribution in [0.1, 0.15) is 5.56 Å². The van der Waals surface area contributed by atoms with Gasteiger partial charge in [-0.15, -0.1) is 0 Å². The molecule has 0 amide bonds. The lowest BCUT2D eigenvalue weighted by atomic mass is 10.2. The van der Waals surface area contributed by atoms with E-state index in [1.54, 1.807) is 31.2 Å².